The van der Waals surface area contributed by atoms with Gasteiger partial charge >= 0.3 is 0 Å². The second-order valence-electron chi connectivity index (χ2n) is 7.41. The molecule has 1 aromatic heterocycles. The first-order valence-corrected chi connectivity index (χ1v) is 11.8. The minimum absolute atomic E-state index is 0.159. The first kappa shape index (κ1) is 21.3. The van der Waals surface area contributed by atoms with Crippen LogP contribution < -0.4 is 14.2 Å². The summed E-state index contributed by atoms with van der Waals surface area (Å²) in [4.78, 5) is 11.0. The van der Waals surface area contributed by atoms with Gasteiger partial charge in [-0.15, -0.1) is 0 Å². The maximum Gasteiger partial charge on any atom is 0.263 e. The molecule has 0 radical (unpaired) electrons. The number of aromatic nitrogens is 2. The average Bonchev–Trinajstić information content (AvgIpc) is 2.80. The minimum Gasteiger partial charge on any atom is -0.493 e. The van der Waals surface area contributed by atoms with Gasteiger partial charge in [-0.1, -0.05) is 24.6 Å². The Morgan fingerprint density at radius 1 is 1.03 bits per heavy atom. The molecular weight excluding hydrogens is 416 g/mol. The minimum atomic E-state index is -3.78. The van der Waals surface area contributed by atoms with Crippen molar-refractivity contribution in [2.24, 2.45) is 0 Å². The Bertz CT molecular complexity index is 1130. The summed E-state index contributed by atoms with van der Waals surface area (Å²) in [6.07, 6.45) is 5.09. The Balaban J connectivity index is 1.56. The van der Waals surface area contributed by atoms with E-state index in [1.807, 2.05) is 0 Å². The molecule has 0 unspecified atom stereocenters. The SMILES string of the molecule is COc1cc2c(NS(=O)(=O)c3ccccc3)ncnc2cc1OCCN1CCCCC1. The van der Waals surface area contributed by atoms with E-state index in [-0.39, 0.29) is 10.7 Å². The van der Waals surface area contributed by atoms with Crippen LogP contribution in [0.5, 0.6) is 11.5 Å². The molecule has 1 fully saturated rings. The summed E-state index contributed by atoms with van der Waals surface area (Å²) in [5, 5.41) is 0.530. The monoisotopic (exact) mass is 442 g/mol. The molecule has 1 N–H and O–H groups in total. The van der Waals surface area contributed by atoms with E-state index < -0.39 is 10.0 Å². The van der Waals surface area contributed by atoms with Gasteiger partial charge in [-0.2, -0.15) is 0 Å². The number of piperidine rings is 1. The molecule has 1 aliphatic rings. The van der Waals surface area contributed by atoms with Gasteiger partial charge in [0.15, 0.2) is 17.3 Å². The van der Waals surface area contributed by atoms with Crippen molar-refractivity contribution in [3.05, 3.63) is 48.8 Å². The first-order chi connectivity index (χ1) is 15.1. The topological polar surface area (TPSA) is 93.6 Å². The Hall–Kier alpha value is -2.91. The lowest BCUT2D eigenvalue weighted by Gasteiger charge is -2.26. The third-order valence-corrected chi connectivity index (χ3v) is 6.67. The fraction of sp³-hybridized carbons (Fsp3) is 0.364. The molecule has 1 aliphatic heterocycles. The van der Waals surface area contributed by atoms with Crippen LogP contribution in [0.15, 0.2) is 53.7 Å². The highest BCUT2D eigenvalue weighted by Crippen LogP contribution is 2.34. The third-order valence-electron chi connectivity index (χ3n) is 5.32. The molecule has 31 heavy (non-hydrogen) atoms. The Morgan fingerprint density at radius 3 is 2.55 bits per heavy atom. The van der Waals surface area contributed by atoms with Crippen LogP contribution in [0.3, 0.4) is 0 Å². The fourth-order valence-electron chi connectivity index (χ4n) is 3.67. The largest absolute Gasteiger partial charge is 0.493 e. The number of hydrogen-bond acceptors (Lipinski definition) is 7. The number of ether oxygens (including phenoxy) is 2. The standard InChI is InChI=1S/C22H26N4O4S/c1-29-20-14-18-19(15-21(20)30-13-12-26-10-6-3-7-11-26)23-16-24-22(18)25-31(27,28)17-8-4-2-5-9-17/h2,4-5,8-9,14-16H,3,6-7,10-13H2,1H3,(H,23,24,25). The van der Waals surface area contributed by atoms with Crippen LogP contribution in [-0.4, -0.2) is 56.6 Å². The number of nitrogens with one attached hydrogen (secondary N) is 1. The summed E-state index contributed by atoms with van der Waals surface area (Å²) in [6.45, 7) is 3.61. The second-order valence-corrected chi connectivity index (χ2v) is 9.09. The van der Waals surface area contributed by atoms with Crippen molar-refractivity contribution < 1.29 is 17.9 Å². The number of anilines is 1. The van der Waals surface area contributed by atoms with E-state index in [0.29, 0.717) is 29.0 Å². The Kier molecular flexibility index (Phi) is 6.53. The van der Waals surface area contributed by atoms with E-state index in [0.717, 1.165) is 19.6 Å². The molecule has 4 rings (SSSR count). The van der Waals surface area contributed by atoms with Crippen LogP contribution in [0.25, 0.3) is 10.9 Å². The summed E-state index contributed by atoms with van der Waals surface area (Å²) >= 11 is 0. The van der Waals surface area contributed by atoms with Crippen molar-refractivity contribution in [1.82, 2.24) is 14.9 Å². The molecule has 0 bridgehead atoms. The number of methoxy groups -OCH3 is 1. The smallest absolute Gasteiger partial charge is 0.263 e. The number of sulfonamides is 1. The summed E-state index contributed by atoms with van der Waals surface area (Å²) < 4.78 is 39.5. The molecule has 0 atom stereocenters. The number of fused-ring (bicyclic) bond motifs is 1. The zero-order chi connectivity index (χ0) is 21.7. The molecule has 3 aromatic rings. The number of nitrogens with zero attached hydrogens (tertiary/aromatic N) is 3. The van der Waals surface area contributed by atoms with Gasteiger partial charge in [0.25, 0.3) is 10.0 Å². The van der Waals surface area contributed by atoms with Crippen molar-refractivity contribution in [3.63, 3.8) is 0 Å². The van der Waals surface area contributed by atoms with Gasteiger partial charge < -0.3 is 9.47 Å². The Labute approximate surface area is 182 Å². The van der Waals surface area contributed by atoms with E-state index in [9.17, 15) is 8.42 Å². The second kappa shape index (κ2) is 9.49. The zero-order valence-electron chi connectivity index (χ0n) is 17.5. The molecule has 8 nitrogen and oxygen atoms in total. The molecule has 164 valence electrons. The van der Waals surface area contributed by atoms with Gasteiger partial charge in [-0.05, 0) is 44.1 Å². The van der Waals surface area contributed by atoms with Crippen molar-refractivity contribution >= 4 is 26.7 Å². The highest BCUT2D eigenvalue weighted by molar-refractivity contribution is 7.92. The normalized spacial score (nSPS) is 15.0. The lowest BCUT2D eigenvalue weighted by Crippen LogP contribution is -2.33. The third kappa shape index (κ3) is 5.05. The van der Waals surface area contributed by atoms with Gasteiger partial charge in [0.1, 0.15) is 12.9 Å². The molecule has 9 heteroatoms. The summed E-state index contributed by atoms with van der Waals surface area (Å²) in [5.74, 6) is 1.26. The van der Waals surface area contributed by atoms with Gasteiger partial charge in [0.2, 0.25) is 0 Å². The quantitative estimate of drug-likeness (QED) is 0.572. The van der Waals surface area contributed by atoms with Crippen LogP contribution in [0.2, 0.25) is 0 Å². The molecule has 2 aromatic carbocycles. The predicted octanol–water partition coefficient (Wildman–Crippen LogP) is 3.30. The fourth-order valence-corrected chi connectivity index (χ4v) is 4.72. The lowest BCUT2D eigenvalue weighted by molar-refractivity contribution is 0.181. The van der Waals surface area contributed by atoms with E-state index in [4.69, 9.17) is 9.47 Å². The summed E-state index contributed by atoms with van der Waals surface area (Å²) in [6, 6.07) is 11.6. The van der Waals surface area contributed by atoms with Crippen molar-refractivity contribution in [2.45, 2.75) is 24.2 Å². The molecule has 0 amide bonds. The van der Waals surface area contributed by atoms with E-state index in [1.165, 1.54) is 37.7 Å². The molecule has 0 aliphatic carbocycles. The van der Waals surface area contributed by atoms with Crippen LogP contribution >= 0.6 is 0 Å². The maximum atomic E-state index is 12.7. The molecule has 0 saturated carbocycles. The maximum absolute atomic E-state index is 12.7. The average molecular weight is 443 g/mol. The number of likely N-dealkylation sites (tertiary alicyclic amines) is 1. The predicted molar refractivity (Wildman–Crippen MR) is 119 cm³/mol. The first-order valence-electron chi connectivity index (χ1n) is 10.3. The lowest BCUT2D eigenvalue weighted by atomic mass is 10.1. The molecule has 0 spiro atoms. The van der Waals surface area contributed by atoms with Crippen molar-refractivity contribution in [1.29, 1.82) is 0 Å². The van der Waals surface area contributed by atoms with Crippen molar-refractivity contribution in [2.75, 3.05) is 38.1 Å². The highest BCUT2D eigenvalue weighted by Gasteiger charge is 2.18. The van der Waals surface area contributed by atoms with E-state index >= 15 is 0 Å². The number of rotatable bonds is 8. The van der Waals surface area contributed by atoms with E-state index in [1.54, 1.807) is 37.4 Å². The number of hydrogen-bond donors (Lipinski definition) is 1. The molecular formula is C22H26N4O4S. The van der Waals surface area contributed by atoms with Crippen molar-refractivity contribution in [3.8, 4) is 11.5 Å². The van der Waals surface area contributed by atoms with Gasteiger partial charge in [-0.3, -0.25) is 9.62 Å². The zero-order valence-corrected chi connectivity index (χ0v) is 18.3. The highest BCUT2D eigenvalue weighted by atomic mass is 32.2. The molecule has 2 heterocycles. The van der Waals surface area contributed by atoms with Gasteiger partial charge in [0.05, 0.1) is 17.5 Å². The van der Waals surface area contributed by atoms with Crippen LogP contribution in [-0.2, 0) is 10.0 Å². The van der Waals surface area contributed by atoms with Crippen LogP contribution in [0.4, 0.5) is 5.82 Å². The van der Waals surface area contributed by atoms with Gasteiger partial charge in [0, 0.05) is 18.0 Å². The van der Waals surface area contributed by atoms with Gasteiger partial charge in [-0.25, -0.2) is 18.4 Å². The summed E-state index contributed by atoms with van der Waals surface area (Å²) in [7, 11) is -2.23. The number of benzene rings is 2. The van der Waals surface area contributed by atoms with E-state index in [2.05, 4.69) is 19.6 Å². The summed E-state index contributed by atoms with van der Waals surface area (Å²) in [5.41, 5.74) is 0.564. The van der Waals surface area contributed by atoms with Crippen LogP contribution in [0, 0.1) is 0 Å². The van der Waals surface area contributed by atoms with Crippen LogP contribution in [0.1, 0.15) is 19.3 Å². The Morgan fingerprint density at radius 2 is 1.81 bits per heavy atom. The molecule has 1 saturated heterocycles.